The van der Waals surface area contributed by atoms with Crippen LogP contribution < -0.4 is 27.0 Å². The highest BCUT2D eigenvalue weighted by Crippen LogP contribution is 2.43. The SMILES string of the molecule is Cc1sc2nc1C(=O)NCc1nc(cs1)C(=O)N[C@@H](Cc1ccc(O)cc1)C(=O)N1C[C@H](O)[C@H](C)[C@H]1c1nc(cs1)-c1nc(cs1)-c1nc(-c3nc(NC(=O)O[C@H]4CC[C@H](C(=O)O)CC4)cs3)ccc1-c1nc(cs1)C(=O)N[C@H]2CC(N)=O. The van der Waals surface area contributed by atoms with Gasteiger partial charge in [0.2, 0.25) is 11.8 Å². The third kappa shape index (κ3) is 12.5. The Kier molecular flexibility index (Phi) is 16.5. The van der Waals surface area contributed by atoms with E-state index < -0.39 is 83.8 Å². The van der Waals surface area contributed by atoms with Gasteiger partial charge in [-0.25, -0.2) is 39.7 Å². The van der Waals surface area contributed by atoms with Crippen LogP contribution in [0.25, 0.3) is 43.4 Å². The summed E-state index contributed by atoms with van der Waals surface area (Å²) in [5.74, 6) is -4.73. The number of pyridine rings is 1. The summed E-state index contributed by atoms with van der Waals surface area (Å²) in [6.45, 7) is 3.33. The van der Waals surface area contributed by atoms with Crippen LogP contribution in [0.2, 0.25) is 0 Å². The Balaban J connectivity index is 0.946. The second-order valence-electron chi connectivity index (χ2n) is 19.8. The molecule has 30 heteroatoms. The first kappa shape index (κ1) is 56.8. The molecule has 3 aliphatic rings. The van der Waals surface area contributed by atoms with Gasteiger partial charge in [-0.1, -0.05) is 19.1 Å². The van der Waals surface area contributed by atoms with Crippen molar-refractivity contribution in [2.24, 2.45) is 17.6 Å². The molecule has 0 unspecified atom stereocenters. The molecule has 83 heavy (non-hydrogen) atoms. The van der Waals surface area contributed by atoms with Crippen molar-refractivity contribution in [1.82, 2.24) is 55.7 Å². The molecule has 1 saturated carbocycles. The van der Waals surface area contributed by atoms with Crippen molar-refractivity contribution in [1.29, 1.82) is 0 Å². The number of nitrogens with zero attached hydrogens (tertiary/aromatic N) is 8. The molecule has 0 radical (unpaired) electrons. The Morgan fingerprint density at radius 1 is 0.723 bits per heavy atom. The van der Waals surface area contributed by atoms with Crippen molar-refractivity contribution >= 4 is 115 Å². The van der Waals surface area contributed by atoms with Gasteiger partial charge in [0.1, 0.15) is 87.9 Å². The topological polar surface area (TPSA) is 357 Å². The van der Waals surface area contributed by atoms with E-state index in [0.717, 1.165) is 34.0 Å². The molecular formula is C53H49N13O11S6. The van der Waals surface area contributed by atoms with Crippen LogP contribution in [-0.2, 0) is 32.1 Å². The number of thiazole rings is 6. The summed E-state index contributed by atoms with van der Waals surface area (Å²) < 4.78 is 5.60. The highest BCUT2D eigenvalue weighted by molar-refractivity contribution is 7.15. The Hall–Kier alpha value is -8.00. The number of aliphatic carboxylic acids is 1. The fraction of sp³-hybridized carbons (Fsp3) is 0.321. The van der Waals surface area contributed by atoms with E-state index in [1.807, 2.05) is 6.92 Å². The van der Waals surface area contributed by atoms with Gasteiger partial charge in [0.15, 0.2) is 0 Å². The molecule has 10 bridgehead atoms. The van der Waals surface area contributed by atoms with Crippen molar-refractivity contribution in [2.75, 3.05) is 11.9 Å². The van der Waals surface area contributed by atoms with E-state index in [4.69, 9.17) is 30.4 Å². The van der Waals surface area contributed by atoms with Gasteiger partial charge in [-0.3, -0.25) is 34.1 Å². The van der Waals surface area contributed by atoms with Gasteiger partial charge < -0.3 is 46.6 Å². The first-order valence-corrected chi connectivity index (χ1v) is 31.0. The van der Waals surface area contributed by atoms with Gasteiger partial charge in [-0.2, -0.15) is 0 Å². The monoisotopic (exact) mass is 1240 g/mol. The number of ether oxygens (including phenoxy) is 1. The maximum Gasteiger partial charge on any atom is 0.413 e. The number of phenolic OH excluding ortho intramolecular Hbond substituents is 1. The standard InChI is InChI=1S/C53H49N13O11S6/c1-22-36(68)16-66-42(22)50-62-35(20-81-50)48-60-32(17-80-48)41-28(11-12-29(57-41)47-63-38(21-82-47)64-53(76)77-27-9-5-25(6-10-27)52(74)75)46-61-34(19-79-46)44(71)58-30(14-37(54)69)49-65-40(23(2)83-49)45(72)55-15-39-56-33(18-78-39)43(70)59-31(51(66)73)13-24-3-7-26(67)8-4-24/h3-4,7-8,11-12,17-22,25,27,30-31,36,42,67-68H,5-6,9-10,13-16H2,1-2H3,(H2,54,69)(H,55,72)(H,58,71)(H,59,70)(H,64,76)(H,74,75)/t22-,25-,27-,30-,31-,36-,42-/m0/s1. The predicted molar refractivity (Wildman–Crippen MR) is 309 cm³/mol. The second-order valence-corrected chi connectivity index (χ2v) is 25.5. The van der Waals surface area contributed by atoms with Gasteiger partial charge in [0.05, 0.1) is 42.8 Å². The number of rotatable bonds is 8. The normalized spacial score (nSPS) is 21.3. The van der Waals surface area contributed by atoms with Crippen molar-refractivity contribution in [3.63, 3.8) is 0 Å². The maximum absolute atomic E-state index is 14.9. The first-order valence-electron chi connectivity index (χ1n) is 25.8. The molecule has 24 nitrogen and oxygen atoms in total. The molecule has 1 aromatic carbocycles. The number of benzene rings is 1. The lowest BCUT2D eigenvalue weighted by Crippen LogP contribution is -2.50. The molecule has 7 aromatic heterocycles. The smallest absolute Gasteiger partial charge is 0.413 e. The number of carbonyl (C=O) groups excluding carboxylic acids is 6. The van der Waals surface area contributed by atoms with E-state index in [-0.39, 0.29) is 59.6 Å². The molecule has 9 N–H and O–H groups in total. The zero-order valence-electron chi connectivity index (χ0n) is 43.8. The predicted octanol–water partition coefficient (Wildman–Crippen LogP) is 7.21. The zero-order valence-corrected chi connectivity index (χ0v) is 48.7. The van der Waals surface area contributed by atoms with E-state index >= 15 is 0 Å². The number of hydrogen-bond acceptors (Lipinski definition) is 23. The summed E-state index contributed by atoms with van der Waals surface area (Å²) in [5, 5.41) is 52.7. The third-order valence-electron chi connectivity index (χ3n) is 14.2. The van der Waals surface area contributed by atoms with Crippen LogP contribution in [0.4, 0.5) is 10.6 Å². The van der Waals surface area contributed by atoms with Crippen molar-refractivity contribution in [3.8, 4) is 49.1 Å². The van der Waals surface area contributed by atoms with E-state index in [1.165, 1.54) is 56.4 Å². The summed E-state index contributed by atoms with van der Waals surface area (Å²) in [7, 11) is 0. The van der Waals surface area contributed by atoms with Crippen LogP contribution in [0.15, 0.2) is 63.3 Å². The van der Waals surface area contributed by atoms with Crippen molar-refractivity contribution in [2.45, 2.75) is 89.3 Å². The molecule has 11 rings (SSSR count). The van der Waals surface area contributed by atoms with Crippen LogP contribution in [0.3, 0.4) is 0 Å². The molecule has 0 spiro atoms. The number of phenols is 1. The lowest BCUT2D eigenvalue weighted by atomic mass is 9.87. The van der Waals surface area contributed by atoms with E-state index in [9.17, 15) is 48.9 Å². The van der Waals surface area contributed by atoms with Gasteiger partial charge in [0, 0.05) is 56.2 Å². The Labute approximate surface area is 495 Å². The highest BCUT2D eigenvalue weighted by Gasteiger charge is 2.45. The average Bonchev–Trinajstić information content (AvgIpc) is 4.16. The van der Waals surface area contributed by atoms with E-state index in [0.29, 0.717) is 89.5 Å². The Morgan fingerprint density at radius 2 is 1.40 bits per heavy atom. The van der Waals surface area contributed by atoms with Gasteiger partial charge >= 0.3 is 12.1 Å². The second kappa shape index (κ2) is 24.1. The van der Waals surface area contributed by atoms with Crippen molar-refractivity contribution in [3.05, 3.63) is 106 Å². The minimum absolute atomic E-state index is 0.00178. The summed E-state index contributed by atoms with van der Waals surface area (Å²) in [5.41, 5.74) is 8.45. The number of amides is 6. The summed E-state index contributed by atoms with van der Waals surface area (Å²) in [6, 6.07) is 6.79. The van der Waals surface area contributed by atoms with Gasteiger partial charge in [-0.05, 0) is 62.4 Å². The Bertz CT molecular complexity index is 3810. The molecule has 2 aliphatic heterocycles. The molecule has 2 fully saturated rings. The fourth-order valence-electron chi connectivity index (χ4n) is 9.84. The largest absolute Gasteiger partial charge is 0.508 e. The average molecular weight is 1240 g/mol. The Morgan fingerprint density at radius 3 is 2.16 bits per heavy atom. The number of nitrogens with one attached hydrogen (secondary N) is 4. The minimum Gasteiger partial charge on any atom is -0.508 e. The third-order valence-corrected chi connectivity index (χ3v) is 19.6. The van der Waals surface area contributed by atoms with Gasteiger partial charge in [-0.15, -0.1) is 68.0 Å². The molecule has 8 aromatic rings. The number of aromatic hydroxyl groups is 1. The number of carboxylic acids is 1. The number of fused-ring (bicyclic) bond motifs is 16. The maximum atomic E-state index is 14.9. The van der Waals surface area contributed by atoms with Crippen LogP contribution in [0.5, 0.6) is 5.75 Å². The molecular weight excluding hydrogens is 1190 g/mol. The van der Waals surface area contributed by atoms with Crippen LogP contribution in [-0.4, -0.2) is 122 Å². The number of carboxylic acid groups (broad SMARTS) is 1. The lowest BCUT2D eigenvalue weighted by Gasteiger charge is -2.29. The lowest BCUT2D eigenvalue weighted by molar-refractivity contribution is -0.143. The number of aryl methyl sites for hydroxylation is 1. The summed E-state index contributed by atoms with van der Waals surface area (Å²) in [4.78, 5) is 129. The summed E-state index contributed by atoms with van der Waals surface area (Å²) >= 11 is 7.12. The first-order chi connectivity index (χ1) is 39.9. The number of carbonyl (C=O) groups is 7. The molecule has 9 heterocycles. The van der Waals surface area contributed by atoms with Crippen molar-refractivity contribution < 1.29 is 53.6 Å². The van der Waals surface area contributed by atoms with Crippen LogP contribution in [0.1, 0.15) is 108 Å². The van der Waals surface area contributed by atoms with Crippen LogP contribution >= 0.6 is 68.0 Å². The van der Waals surface area contributed by atoms with Crippen LogP contribution in [0, 0.1) is 18.8 Å². The molecule has 428 valence electrons. The van der Waals surface area contributed by atoms with Gasteiger partial charge in [0.25, 0.3) is 17.7 Å². The number of nitrogens with two attached hydrogens (primary N) is 1. The highest BCUT2D eigenvalue weighted by atomic mass is 32.1. The molecule has 6 amide bonds. The number of aliphatic hydroxyl groups excluding tert-OH is 1. The zero-order chi connectivity index (χ0) is 58.2. The minimum atomic E-state index is -1.17. The number of aromatic nitrogens is 7. The number of anilines is 1. The number of primary amides is 1. The molecule has 5 atom stereocenters. The fourth-order valence-corrected chi connectivity index (χ4v) is 14.9. The number of hydrogen-bond donors (Lipinski definition) is 8. The molecule has 1 saturated heterocycles. The number of aliphatic hydroxyl groups is 1. The quantitative estimate of drug-likeness (QED) is 0.0745. The summed E-state index contributed by atoms with van der Waals surface area (Å²) in [6.07, 6.45) is -0.782. The van der Waals surface area contributed by atoms with E-state index in [2.05, 4.69) is 36.2 Å². The van der Waals surface area contributed by atoms with E-state index in [1.54, 1.807) is 52.7 Å². The molecule has 1 aliphatic carbocycles.